The summed E-state index contributed by atoms with van der Waals surface area (Å²) in [6, 6.07) is 4.52. The number of sulfonamides is 1. The van der Waals surface area contributed by atoms with Crippen LogP contribution in [0.3, 0.4) is 0 Å². The van der Waals surface area contributed by atoms with E-state index in [0.29, 0.717) is 16.5 Å². The molecular formula is C44H48F4N8O14S. The van der Waals surface area contributed by atoms with Crippen LogP contribution in [0.4, 0.5) is 17.6 Å². The van der Waals surface area contributed by atoms with Crippen molar-refractivity contribution in [3.05, 3.63) is 101 Å². The molecule has 22 nitrogen and oxygen atoms in total. The molecule has 0 saturated carbocycles. The van der Waals surface area contributed by atoms with Gasteiger partial charge in [0.1, 0.15) is 36.0 Å². The SMILES string of the molecule is Cc1ccc(S(=O)(=O)NC(CC(=O)O)C(=O)NC(CCC(=O)O)C(=O)NCC(=O)NC(Cc2cccc(F)c2)C(=O)NC(Cc2c[nH]c3ccccc23)C(=O)NC(CCC(=O)O)C(N)=O)cc1C(F)(F)F. The molecule has 71 heavy (non-hydrogen) atoms. The zero-order valence-electron chi connectivity index (χ0n) is 37.3. The van der Waals surface area contributed by atoms with Gasteiger partial charge in [0.25, 0.3) is 0 Å². The highest BCUT2D eigenvalue weighted by atomic mass is 32.2. The molecule has 0 aliphatic heterocycles. The number of benzene rings is 3. The Morgan fingerprint density at radius 3 is 1.89 bits per heavy atom. The van der Waals surface area contributed by atoms with Gasteiger partial charge in [-0.25, -0.2) is 12.8 Å². The fourth-order valence-electron chi connectivity index (χ4n) is 6.97. The van der Waals surface area contributed by atoms with Crippen molar-refractivity contribution in [2.75, 3.05) is 6.54 Å². The van der Waals surface area contributed by atoms with E-state index in [1.165, 1.54) is 12.1 Å². The number of carboxylic acids is 3. The lowest BCUT2D eigenvalue weighted by molar-refractivity contribution is -0.140. The van der Waals surface area contributed by atoms with Crippen molar-refractivity contribution in [1.29, 1.82) is 0 Å². The number of carbonyl (C=O) groups excluding carboxylic acids is 6. The molecule has 12 N–H and O–H groups in total. The summed E-state index contributed by atoms with van der Waals surface area (Å²) in [5, 5.41) is 39.8. The molecule has 0 aliphatic rings. The van der Waals surface area contributed by atoms with Crippen molar-refractivity contribution in [3.63, 3.8) is 0 Å². The summed E-state index contributed by atoms with van der Waals surface area (Å²) >= 11 is 0. The lowest BCUT2D eigenvalue weighted by atomic mass is 10.0. The van der Waals surface area contributed by atoms with Crippen LogP contribution in [0.15, 0.2) is 77.8 Å². The molecule has 4 aromatic rings. The zero-order valence-corrected chi connectivity index (χ0v) is 38.1. The van der Waals surface area contributed by atoms with Crippen LogP contribution in [0, 0.1) is 12.7 Å². The minimum Gasteiger partial charge on any atom is -0.481 e. The zero-order chi connectivity index (χ0) is 52.8. The summed E-state index contributed by atoms with van der Waals surface area (Å²) in [6.45, 7) is 0.0163. The predicted octanol–water partition coefficient (Wildman–Crippen LogP) is 0.512. The van der Waals surface area contributed by atoms with Crippen LogP contribution < -0.4 is 37.0 Å². The first-order valence-corrected chi connectivity index (χ1v) is 22.6. The Bertz CT molecular complexity index is 2790. The molecule has 6 amide bonds. The number of aromatic nitrogens is 1. The number of aryl methyl sites for hydroxylation is 1. The second kappa shape index (κ2) is 24.6. The molecule has 0 aliphatic carbocycles. The third-order valence-electron chi connectivity index (χ3n) is 10.5. The normalized spacial score (nSPS) is 13.6. The molecule has 27 heteroatoms. The Hall–Kier alpha value is -7.94. The van der Waals surface area contributed by atoms with Gasteiger partial charge in [0.2, 0.25) is 45.5 Å². The number of aromatic amines is 1. The number of alkyl halides is 3. The second-order valence-electron chi connectivity index (χ2n) is 15.9. The van der Waals surface area contributed by atoms with Gasteiger partial charge in [0, 0.05) is 42.8 Å². The van der Waals surface area contributed by atoms with Crippen LogP contribution in [-0.4, -0.2) is 119 Å². The molecule has 0 fully saturated rings. The third kappa shape index (κ3) is 16.9. The van der Waals surface area contributed by atoms with Gasteiger partial charge in [-0.15, -0.1) is 0 Å². The number of amides is 6. The number of rotatable bonds is 26. The van der Waals surface area contributed by atoms with E-state index in [1.54, 1.807) is 35.2 Å². The standard InChI is InChI=1S/C44H48F4N8O14S/c1-22-9-10-26(18-28(22)44(46,47)48)71(69,70)56-34(19-38(62)63)43(68)54-31(12-14-37(60)61)40(65)51-21-35(57)52-32(16-23-5-4-6-25(45)15-23)41(66)55-33(17-24-20-50-29-8-3-2-7-27(24)29)42(67)53-30(39(49)64)11-13-36(58)59/h2-10,15,18,20,30-34,50,56H,11-14,16-17,19,21H2,1H3,(H2,49,64)(H,51,65)(H,52,57)(H,53,67)(H,54,68)(H,55,66)(H,58,59)(H,60,61)(H,62,63). The Labute approximate surface area is 400 Å². The highest BCUT2D eigenvalue weighted by Crippen LogP contribution is 2.33. The summed E-state index contributed by atoms with van der Waals surface area (Å²) in [6.07, 6.45) is -8.07. The Morgan fingerprint density at radius 1 is 0.690 bits per heavy atom. The predicted molar refractivity (Wildman–Crippen MR) is 238 cm³/mol. The lowest BCUT2D eigenvalue weighted by Crippen LogP contribution is -2.58. The first kappa shape index (κ1) is 55.7. The van der Waals surface area contributed by atoms with E-state index in [0.717, 1.165) is 31.2 Å². The number of primary amides is 1. The van der Waals surface area contributed by atoms with E-state index in [9.17, 15) is 79.3 Å². The van der Waals surface area contributed by atoms with Gasteiger partial charge in [-0.1, -0.05) is 36.4 Å². The number of nitrogens with two attached hydrogens (primary N) is 1. The number of H-pyrrole nitrogens is 1. The van der Waals surface area contributed by atoms with Crippen molar-refractivity contribution in [1.82, 2.24) is 36.3 Å². The molecule has 5 atom stereocenters. The van der Waals surface area contributed by atoms with E-state index in [2.05, 4.69) is 26.3 Å². The van der Waals surface area contributed by atoms with Crippen LogP contribution >= 0.6 is 0 Å². The molecule has 0 bridgehead atoms. The van der Waals surface area contributed by atoms with Gasteiger partial charge < -0.3 is 52.6 Å². The van der Waals surface area contributed by atoms with Crippen molar-refractivity contribution in [2.45, 2.75) is 93.2 Å². The van der Waals surface area contributed by atoms with Gasteiger partial charge >= 0.3 is 24.1 Å². The largest absolute Gasteiger partial charge is 0.481 e. The number of carbonyl (C=O) groups is 9. The molecule has 4 rings (SSSR count). The molecule has 0 spiro atoms. The number of carboxylic acid groups (broad SMARTS) is 3. The first-order valence-electron chi connectivity index (χ1n) is 21.2. The number of aliphatic carboxylic acids is 3. The van der Waals surface area contributed by atoms with Crippen LogP contribution in [0.5, 0.6) is 0 Å². The Morgan fingerprint density at radius 2 is 1.28 bits per heavy atom. The maximum Gasteiger partial charge on any atom is 0.416 e. The monoisotopic (exact) mass is 1020 g/mol. The summed E-state index contributed by atoms with van der Waals surface area (Å²) in [5.74, 6) is -12.5. The van der Waals surface area contributed by atoms with E-state index >= 15 is 0 Å². The van der Waals surface area contributed by atoms with Crippen molar-refractivity contribution in [2.24, 2.45) is 5.73 Å². The minimum atomic E-state index is -5.08. The average molecular weight is 1020 g/mol. The summed E-state index contributed by atoms with van der Waals surface area (Å²) in [7, 11) is -5.08. The summed E-state index contributed by atoms with van der Waals surface area (Å²) < 4.78 is 83.1. The van der Waals surface area contributed by atoms with Crippen molar-refractivity contribution < 1.29 is 84.4 Å². The Balaban J connectivity index is 1.57. The van der Waals surface area contributed by atoms with Gasteiger partial charge in [-0.05, 0) is 66.8 Å². The molecule has 0 saturated heterocycles. The number of halogens is 4. The van der Waals surface area contributed by atoms with E-state index in [1.807, 2.05) is 5.32 Å². The van der Waals surface area contributed by atoms with Crippen LogP contribution in [-0.2, 0) is 72.2 Å². The molecule has 1 aromatic heterocycles. The quantitative estimate of drug-likeness (QED) is 0.0382. The molecular weight excluding hydrogens is 973 g/mol. The van der Waals surface area contributed by atoms with E-state index in [4.69, 9.17) is 10.8 Å². The van der Waals surface area contributed by atoms with Gasteiger partial charge in [0.05, 0.1) is 23.4 Å². The molecule has 5 unspecified atom stereocenters. The molecule has 382 valence electrons. The van der Waals surface area contributed by atoms with Gasteiger partial charge in [-0.2, -0.15) is 17.9 Å². The van der Waals surface area contributed by atoms with Crippen molar-refractivity contribution >= 4 is 74.3 Å². The average Bonchev–Trinajstić information content (AvgIpc) is 3.69. The number of hydrogen-bond donors (Lipinski definition) is 11. The summed E-state index contributed by atoms with van der Waals surface area (Å²) in [5.41, 5.74) is 4.98. The van der Waals surface area contributed by atoms with E-state index < -0.39 is 161 Å². The highest BCUT2D eigenvalue weighted by molar-refractivity contribution is 7.89. The molecule has 0 radical (unpaired) electrons. The number of para-hydroxylation sites is 1. The van der Waals surface area contributed by atoms with Gasteiger partial charge in [-0.3, -0.25) is 43.2 Å². The topological polar surface area (TPSA) is 362 Å². The second-order valence-corrected chi connectivity index (χ2v) is 17.6. The smallest absolute Gasteiger partial charge is 0.416 e. The van der Waals surface area contributed by atoms with Crippen LogP contribution in [0.2, 0.25) is 0 Å². The van der Waals surface area contributed by atoms with Gasteiger partial charge in [0.15, 0.2) is 0 Å². The number of nitrogens with one attached hydrogen (secondary N) is 7. The fourth-order valence-corrected chi connectivity index (χ4v) is 8.19. The highest BCUT2D eigenvalue weighted by Gasteiger charge is 2.36. The maximum atomic E-state index is 14.3. The Kier molecular flexibility index (Phi) is 19.3. The molecule has 3 aromatic carbocycles. The maximum absolute atomic E-state index is 14.3. The van der Waals surface area contributed by atoms with Crippen molar-refractivity contribution in [3.8, 4) is 0 Å². The first-order chi connectivity index (χ1) is 33.2. The van der Waals surface area contributed by atoms with Crippen LogP contribution in [0.25, 0.3) is 10.9 Å². The lowest BCUT2D eigenvalue weighted by Gasteiger charge is -2.25. The van der Waals surface area contributed by atoms with Crippen LogP contribution in [0.1, 0.15) is 54.4 Å². The minimum absolute atomic E-state index is 0.140. The number of hydrogen-bond acceptors (Lipinski definition) is 11. The summed E-state index contributed by atoms with van der Waals surface area (Å²) in [4.78, 5) is 117. The molecule has 1 heterocycles. The van der Waals surface area contributed by atoms with E-state index in [-0.39, 0.29) is 23.6 Å². The fraction of sp³-hybridized carbons (Fsp3) is 0.341. The third-order valence-corrected chi connectivity index (χ3v) is 12.0. The number of fused-ring (bicyclic) bond motifs is 1.